The molecule has 0 saturated carbocycles. The van der Waals surface area contributed by atoms with Crippen LogP contribution in [0.5, 0.6) is 0 Å². The first-order valence-corrected chi connectivity index (χ1v) is 9.17. The highest BCUT2D eigenvalue weighted by Gasteiger charge is 2.24. The summed E-state index contributed by atoms with van der Waals surface area (Å²) in [5.74, 6) is 0. The Kier molecular flexibility index (Phi) is 5.59. The maximum Gasteiger partial charge on any atom is 0.185 e. The van der Waals surface area contributed by atoms with E-state index in [0.29, 0.717) is 6.04 Å². The van der Waals surface area contributed by atoms with Gasteiger partial charge in [-0.15, -0.1) is 11.3 Å². The molecule has 1 aliphatic rings. The van der Waals surface area contributed by atoms with Gasteiger partial charge in [0.15, 0.2) is 5.13 Å². The minimum Gasteiger partial charge on any atom is -0.349 e. The lowest BCUT2D eigenvalue weighted by Crippen LogP contribution is -2.45. The number of aromatic nitrogens is 2. The highest BCUT2D eigenvalue weighted by atomic mass is 32.1. The Morgan fingerprint density at radius 1 is 1.35 bits per heavy atom. The second-order valence-corrected chi connectivity index (χ2v) is 6.85. The number of hydrogen-bond acceptors (Lipinski definition) is 6. The molecule has 1 atom stereocenters. The van der Waals surface area contributed by atoms with Crippen molar-refractivity contribution in [3.05, 3.63) is 41.2 Å². The molecule has 0 aromatic carbocycles. The Labute approximate surface area is 142 Å². The molecule has 0 spiro atoms. The molecule has 0 amide bonds. The van der Waals surface area contributed by atoms with Crippen LogP contribution in [0, 0.1) is 0 Å². The van der Waals surface area contributed by atoms with Crippen molar-refractivity contribution in [2.75, 3.05) is 37.6 Å². The summed E-state index contributed by atoms with van der Waals surface area (Å²) in [6.45, 7) is 10.4. The number of anilines is 1. The summed E-state index contributed by atoms with van der Waals surface area (Å²) in [4.78, 5) is 15.1. The van der Waals surface area contributed by atoms with E-state index in [0.717, 1.165) is 44.4 Å². The summed E-state index contributed by atoms with van der Waals surface area (Å²) in [5.41, 5.74) is 1.29. The first kappa shape index (κ1) is 16.4. The summed E-state index contributed by atoms with van der Waals surface area (Å²) in [7, 11) is 0. The number of nitrogens with one attached hydrogen (secondary N) is 1. The molecule has 2 aromatic rings. The largest absolute Gasteiger partial charge is 0.349 e. The first-order chi connectivity index (χ1) is 11.3. The van der Waals surface area contributed by atoms with E-state index in [1.807, 2.05) is 36.0 Å². The number of piperazine rings is 1. The maximum absolute atomic E-state index is 4.61. The molecule has 1 N–H and O–H groups in total. The van der Waals surface area contributed by atoms with Crippen molar-refractivity contribution in [1.29, 1.82) is 0 Å². The van der Waals surface area contributed by atoms with E-state index in [4.69, 9.17) is 0 Å². The van der Waals surface area contributed by atoms with E-state index >= 15 is 0 Å². The van der Waals surface area contributed by atoms with E-state index in [2.05, 4.69) is 45.0 Å². The first-order valence-electron chi connectivity index (χ1n) is 8.36. The van der Waals surface area contributed by atoms with E-state index in [1.165, 1.54) is 10.4 Å². The van der Waals surface area contributed by atoms with Crippen LogP contribution < -0.4 is 10.2 Å². The molecule has 3 heterocycles. The third-order valence-corrected chi connectivity index (χ3v) is 5.40. The Bertz CT molecular complexity index is 596. The molecule has 124 valence electrons. The van der Waals surface area contributed by atoms with Crippen molar-refractivity contribution in [2.45, 2.75) is 26.4 Å². The fourth-order valence-electron chi connectivity index (χ4n) is 3.05. The zero-order valence-corrected chi connectivity index (χ0v) is 14.7. The van der Waals surface area contributed by atoms with Gasteiger partial charge in [-0.1, -0.05) is 6.07 Å². The zero-order valence-electron chi connectivity index (χ0n) is 13.9. The number of pyridine rings is 1. The minimum atomic E-state index is 0.386. The van der Waals surface area contributed by atoms with Gasteiger partial charge in [0.05, 0.1) is 0 Å². The lowest BCUT2D eigenvalue weighted by molar-refractivity contribution is 0.155. The molecule has 2 aromatic heterocycles. The van der Waals surface area contributed by atoms with Gasteiger partial charge in [-0.05, 0) is 25.5 Å². The number of nitrogens with zero attached hydrogens (tertiary/aromatic N) is 4. The Morgan fingerprint density at radius 2 is 2.22 bits per heavy atom. The Balaban J connectivity index is 1.72. The molecular weight excluding hydrogens is 306 g/mol. The lowest BCUT2D eigenvalue weighted by Gasteiger charge is -2.36. The van der Waals surface area contributed by atoms with Crippen LogP contribution >= 0.6 is 11.3 Å². The standard InChI is InChI=1S/C17H25N5S/c1-3-21(4-2)17-20-11-15(23-17)13-22-9-8-19-12-16(22)14-6-5-7-18-10-14/h5-7,10-11,16,19H,3-4,8-9,12-13H2,1-2H3. The molecular formula is C17H25N5S. The fraction of sp³-hybridized carbons (Fsp3) is 0.529. The summed E-state index contributed by atoms with van der Waals surface area (Å²) in [6, 6.07) is 4.58. The summed E-state index contributed by atoms with van der Waals surface area (Å²) >= 11 is 1.82. The molecule has 1 saturated heterocycles. The SMILES string of the molecule is CCN(CC)c1ncc(CN2CCNCC2c2cccnc2)s1. The minimum absolute atomic E-state index is 0.386. The van der Waals surface area contributed by atoms with Gasteiger partial charge >= 0.3 is 0 Å². The molecule has 1 unspecified atom stereocenters. The molecule has 1 fully saturated rings. The third-order valence-electron chi connectivity index (χ3n) is 4.36. The van der Waals surface area contributed by atoms with Gasteiger partial charge in [0, 0.05) is 68.8 Å². The van der Waals surface area contributed by atoms with Crippen molar-refractivity contribution in [2.24, 2.45) is 0 Å². The molecule has 23 heavy (non-hydrogen) atoms. The van der Waals surface area contributed by atoms with Crippen LogP contribution in [0.15, 0.2) is 30.7 Å². The van der Waals surface area contributed by atoms with Gasteiger partial charge in [-0.3, -0.25) is 9.88 Å². The third kappa shape index (κ3) is 3.88. The number of rotatable bonds is 6. The van der Waals surface area contributed by atoms with Gasteiger partial charge in [-0.2, -0.15) is 0 Å². The second-order valence-electron chi connectivity index (χ2n) is 5.76. The number of thiazole rings is 1. The van der Waals surface area contributed by atoms with Crippen molar-refractivity contribution in [3.8, 4) is 0 Å². The van der Waals surface area contributed by atoms with Crippen LogP contribution in [-0.2, 0) is 6.54 Å². The topological polar surface area (TPSA) is 44.3 Å². The summed E-state index contributed by atoms with van der Waals surface area (Å²) < 4.78 is 0. The van der Waals surface area contributed by atoms with Gasteiger partial charge in [0.25, 0.3) is 0 Å². The number of hydrogen-bond donors (Lipinski definition) is 1. The normalized spacial score (nSPS) is 19.0. The second kappa shape index (κ2) is 7.86. The fourth-order valence-corrected chi connectivity index (χ4v) is 4.11. The average Bonchev–Trinajstić information content (AvgIpc) is 3.06. The molecule has 3 rings (SSSR count). The zero-order chi connectivity index (χ0) is 16.1. The molecule has 0 bridgehead atoms. The molecule has 6 heteroatoms. The smallest absolute Gasteiger partial charge is 0.185 e. The van der Waals surface area contributed by atoms with Crippen LogP contribution in [0.2, 0.25) is 0 Å². The predicted octanol–water partition coefficient (Wildman–Crippen LogP) is 2.53. The van der Waals surface area contributed by atoms with Crippen LogP contribution in [0.4, 0.5) is 5.13 Å². The van der Waals surface area contributed by atoms with Gasteiger partial charge in [0.1, 0.15) is 0 Å². The van der Waals surface area contributed by atoms with Gasteiger partial charge in [-0.25, -0.2) is 4.98 Å². The Hall–Kier alpha value is -1.50. The van der Waals surface area contributed by atoms with Crippen LogP contribution in [0.25, 0.3) is 0 Å². The monoisotopic (exact) mass is 331 g/mol. The van der Waals surface area contributed by atoms with E-state index in [9.17, 15) is 0 Å². The van der Waals surface area contributed by atoms with Crippen molar-refractivity contribution >= 4 is 16.5 Å². The quantitative estimate of drug-likeness (QED) is 0.881. The highest BCUT2D eigenvalue weighted by Crippen LogP contribution is 2.28. The van der Waals surface area contributed by atoms with Crippen molar-refractivity contribution in [3.63, 3.8) is 0 Å². The van der Waals surface area contributed by atoms with Gasteiger partial charge < -0.3 is 10.2 Å². The van der Waals surface area contributed by atoms with Gasteiger partial charge in [0.2, 0.25) is 0 Å². The van der Waals surface area contributed by atoms with Crippen LogP contribution in [0.1, 0.15) is 30.3 Å². The molecule has 5 nitrogen and oxygen atoms in total. The van der Waals surface area contributed by atoms with E-state index in [-0.39, 0.29) is 0 Å². The molecule has 0 radical (unpaired) electrons. The maximum atomic E-state index is 4.61. The predicted molar refractivity (Wildman–Crippen MR) is 95.9 cm³/mol. The Morgan fingerprint density at radius 3 is 2.96 bits per heavy atom. The van der Waals surface area contributed by atoms with Crippen LogP contribution in [-0.4, -0.2) is 47.6 Å². The highest BCUT2D eigenvalue weighted by molar-refractivity contribution is 7.15. The summed E-state index contributed by atoms with van der Waals surface area (Å²) in [6.07, 6.45) is 5.86. The van der Waals surface area contributed by atoms with Crippen molar-refractivity contribution < 1.29 is 0 Å². The van der Waals surface area contributed by atoms with E-state index < -0.39 is 0 Å². The lowest BCUT2D eigenvalue weighted by atomic mass is 10.1. The average molecular weight is 331 g/mol. The van der Waals surface area contributed by atoms with E-state index in [1.54, 1.807) is 0 Å². The molecule has 0 aliphatic carbocycles. The van der Waals surface area contributed by atoms with Crippen molar-refractivity contribution in [1.82, 2.24) is 20.2 Å². The molecule has 1 aliphatic heterocycles. The summed E-state index contributed by atoms with van der Waals surface area (Å²) in [5, 5.41) is 4.64. The van der Waals surface area contributed by atoms with Crippen LogP contribution in [0.3, 0.4) is 0 Å².